The van der Waals surface area contributed by atoms with Crippen LogP contribution in [0, 0.1) is 12.8 Å². The van der Waals surface area contributed by atoms with Gasteiger partial charge in [-0.25, -0.2) is 0 Å². The summed E-state index contributed by atoms with van der Waals surface area (Å²) in [5.41, 5.74) is 7.52. The van der Waals surface area contributed by atoms with Gasteiger partial charge in [0.15, 0.2) is 0 Å². The number of nitrogens with two attached hydrogens (primary N) is 1. The first kappa shape index (κ1) is 13.6. The van der Waals surface area contributed by atoms with Crippen molar-refractivity contribution in [2.24, 2.45) is 11.7 Å². The Morgan fingerprint density at radius 2 is 2.06 bits per heavy atom. The number of benzene rings is 1. The molecule has 0 aromatic heterocycles. The quantitative estimate of drug-likeness (QED) is 0.834. The van der Waals surface area contributed by atoms with E-state index in [1.165, 1.54) is 0 Å². The van der Waals surface area contributed by atoms with Crippen LogP contribution in [0.5, 0.6) is 0 Å². The number of carbonyl (C=O) groups is 1. The Morgan fingerprint density at radius 1 is 1.47 bits per heavy atom. The van der Waals surface area contributed by atoms with E-state index in [1.54, 1.807) is 11.8 Å². The van der Waals surface area contributed by atoms with Crippen LogP contribution in [0.1, 0.15) is 19.4 Å². The fourth-order valence-corrected chi connectivity index (χ4v) is 1.77. The maximum atomic E-state index is 12.2. The van der Waals surface area contributed by atoms with E-state index >= 15 is 0 Å². The predicted octanol–water partition coefficient (Wildman–Crippen LogP) is 2.27. The van der Waals surface area contributed by atoms with Crippen LogP contribution in [0.3, 0.4) is 0 Å². The van der Waals surface area contributed by atoms with Gasteiger partial charge < -0.3 is 10.6 Å². The highest BCUT2D eigenvalue weighted by molar-refractivity contribution is 7.80. The Morgan fingerprint density at radius 3 is 2.53 bits per heavy atom. The third-order valence-electron chi connectivity index (χ3n) is 2.79. The zero-order valence-electron chi connectivity index (χ0n) is 10.4. The van der Waals surface area contributed by atoms with Crippen LogP contribution in [-0.4, -0.2) is 17.4 Å². The van der Waals surface area contributed by atoms with E-state index in [9.17, 15) is 4.79 Å². The molecule has 2 N–H and O–H groups in total. The predicted molar refractivity (Wildman–Crippen MR) is 75.2 cm³/mol. The van der Waals surface area contributed by atoms with Crippen molar-refractivity contribution >= 4 is 28.8 Å². The van der Waals surface area contributed by atoms with Gasteiger partial charge in [-0.05, 0) is 32.4 Å². The molecule has 1 unspecified atom stereocenters. The molecular formula is C13H18N2OS. The lowest BCUT2D eigenvalue weighted by Crippen LogP contribution is -2.40. The molecule has 1 amide bonds. The molecule has 1 aromatic rings. The highest BCUT2D eigenvalue weighted by atomic mass is 32.1. The van der Waals surface area contributed by atoms with Gasteiger partial charge in [0, 0.05) is 12.2 Å². The standard InChI is InChI=1S/C13H18N2OS/c1-4-15(13(16)10(3)12(14)17)11-8-6-5-7-9(11)2/h5-8,10H,4H2,1-3H3,(H2,14,17). The molecule has 0 radical (unpaired) electrons. The van der Waals surface area contributed by atoms with Crippen molar-refractivity contribution in [2.75, 3.05) is 11.4 Å². The fraction of sp³-hybridized carbons (Fsp3) is 0.385. The molecule has 0 aliphatic carbocycles. The number of amides is 1. The molecular weight excluding hydrogens is 232 g/mol. The first-order chi connectivity index (χ1) is 7.99. The minimum absolute atomic E-state index is 0.0469. The molecule has 92 valence electrons. The van der Waals surface area contributed by atoms with Gasteiger partial charge in [-0.2, -0.15) is 0 Å². The molecule has 0 saturated heterocycles. The van der Waals surface area contributed by atoms with Gasteiger partial charge in [0.2, 0.25) is 5.91 Å². The second-order valence-electron chi connectivity index (χ2n) is 3.99. The number of hydrogen-bond donors (Lipinski definition) is 1. The summed E-state index contributed by atoms with van der Waals surface area (Å²) in [7, 11) is 0. The summed E-state index contributed by atoms with van der Waals surface area (Å²) < 4.78 is 0. The van der Waals surface area contributed by atoms with Crippen LogP contribution < -0.4 is 10.6 Å². The van der Waals surface area contributed by atoms with E-state index in [4.69, 9.17) is 18.0 Å². The van der Waals surface area contributed by atoms with Gasteiger partial charge in [0.25, 0.3) is 0 Å². The molecule has 0 aliphatic rings. The molecule has 3 nitrogen and oxygen atoms in total. The summed E-state index contributed by atoms with van der Waals surface area (Å²) in [5, 5.41) is 0. The Balaban J connectivity index is 3.04. The van der Waals surface area contributed by atoms with Crippen molar-refractivity contribution in [1.82, 2.24) is 0 Å². The van der Waals surface area contributed by atoms with Crippen LogP contribution in [0.4, 0.5) is 5.69 Å². The molecule has 1 rings (SSSR count). The molecule has 0 aliphatic heterocycles. The average molecular weight is 250 g/mol. The largest absolute Gasteiger partial charge is 0.393 e. The van der Waals surface area contributed by atoms with Crippen LogP contribution in [0.2, 0.25) is 0 Å². The number of nitrogens with zero attached hydrogens (tertiary/aromatic N) is 1. The summed E-state index contributed by atoms with van der Waals surface area (Å²) in [6, 6.07) is 7.79. The summed E-state index contributed by atoms with van der Waals surface area (Å²) >= 11 is 4.87. The zero-order chi connectivity index (χ0) is 13.0. The molecule has 0 heterocycles. The van der Waals surface area contributed by atoms with Crippen LogP contribution >= 0.6 is 12.2 Å². The van der Waals surface area contributed by atoms with Gasteiger partial charge in [0.1, 0.15) is 0 Å². The summed E-state index contributed by atoms with van der Waals surface area (Å²) in [6.07, 6.45) is 0. The number of anilines is 1. The highest BCUT2D eigenvalue weighted by Gasteiger charge is 2.23. The van der Waals surface area contributed by atoms with Crippen molar-refractivity contribution in [3.8, 4) is 0 Å². The van der Waals surface area contributed by atoms with Crippen LogP contribution in [0.25, 0.3) is 0 Å². The summed E-state index contributed by atoms with van der Waals surface area (Å²) in [4.78, 5) is 14.2. The fourth-order valence-electron chi connectivity index (χ4n) is 1.67. The van der Waals surface area contributed by atoms with Crippen LogP contribution in [-0.2, 0) is 4.79 Å². The van der Waals surface area contributed by atoms with Crippen molar-refractivity contribution in [2.45, 2.75) is 20.8 Å². The number of para-hydroxylation sites is 1. The van der Waals surface area contributed by atoms with Gasteiger partial charge in [-0.3, -0.25) is 4.79 Å². The number of rotatable bonds is 4. The molecule has 17 heavy (non-hydrogen) atoms. The first-order valence-corrected chi connectivity index (χ1v) is 6.06. The minimum Gasteiger partial charge on any atom is -0.393 e. The molecule has 0 bridgehead atoms. The average Bonchev–Trinajstić information content (AvgIpc) is 2.31. The SMILES string of the molecule is CCN(C(=O)C(C)C(N)=S)c1ccccc1C. The lowest BCUT2D eigenvalue weighted by atomic mass is 10.1. The Hall–Kier alpha value is -1.42. The molecule has 1 aromatic carbocycles. The monoisotopic (exact) mass is 250 g/mol. The lowest BCUT2D eigenvalue weighted by molar-refractivity contribution is -0.120. The third kappa shape index (κ3) is 3.03. The van der Waals surface area contributed by atoms with Crippen LogP contribution in [0.15, 0.2) is 24.3 Å². The van der Waals surface area contributed by atoms with Crippen molar-refractivity contribution < 1.29 is 4.79 Å². The molecule has 0 fully saturated rings. The normalized spacial score (nSPS) is 11.9. The summed E-state index contributed by atoms with van der Waals surface area (Å²) in [5.74, 6) is -0.473. The number of carbonyl (C=O) groups excluding carboxylic acids is 1. The van der Waals surface area contributed by atoms with Gasteiger partial charge in [-0.15, -0.1) is 0 Å². The van der Waals surface area contributed by atoms with Crippen molar-refractivity contribution in [3.05, 3.63) is 29.8 Å². The van der Waals surface area contributed by atoms with Crippen molar-refractivity contribution in [1.29, 1.82) is 0 Å². The molecule has 4 heteroatoms. The second-order valence-corrected chi connectivity index (χ2v) is 4.46. The van der Waals surface area contributed by atoms with E-state index in [0.29, 0.717) is 6.54 Å². The maximum Gasteiger partial charge on any atom is 0.236 e. The molecule has 0 spiro atoms. The topological polar surface area (TPSA) is 46.3 Å². The number of aryl methyl sites for hydroxylation is 1. The van der Waals surface area contributed by atoms with Gasteiger partial charge in [0.05, 0.1) is 10.9 Å². The molecule has 0 saturated carbocycles. The lowest BCUT2D eigenvalue weighted by Gasteiger charge is -2.25. The van der Waals surface area contributed by atoms with E-state index < -0.39 is 5.92 Å². The number of hydrogen-bond acceptors (Lipinski definition) is 2. The minimum atomic E-state index is -0.426. The second kappa shape index (κ2) is 5.77. The Kier molecular flexibility index (Phi) is 4.63. The van der Waals surface area contributed by atoms with E-state index in [2.05, 4.69) is 0 Å². The van der Waals surface area contributed by atoms with E-state index in [0.717, 1.165) is 11.3 Å². The van der Waals surface area contributed by atoms with E-state index in [-0.39, 0.29) is 10.9 Å². The first-order valence-electron chi connectivity index (χ1n) is 5.65. The highest BCUT2D eigenvalue weighted by Crippen LogP contribution is 2.21. The summed E-state index contributed by atoms with van der Waals surface area (Å²) in [6.45, 7) is 6.27. The third-order valence-corrected chi connectivity index (χ3v) is 3.14. The number of thiocarbonyl (C=S) groups is 1. The molecule has 1 atom stereocenters. The Bertz CT molecular complexity index is 431. The van der Waals surface area contributed by atoms with Crippen molar-refractivity contribution in [3.63, 3.8) is 0 Å². The smallest absolute Gasteiger partial charge is 0.236 e. The van der Waals surface area contributed by atoms with E-state index in [1.807, 2.05) is 38.1 Å². The maximum absolute atomic E-state index is 12.2. The van der Waals surface area contributed by atoms with Gasteiger partial charge in [-0.1, -0.05) is 30.4 Å². The zero-order valence-corrected chi connectivity index (χ0v) is 11.3. The Labute approximate surface area is 108 Å². The van der Waals surface area contributed by atoms with Gasteiger partial charge >= 0.3 is 0 Å².